The van der Waals surface area contributed by atoms with Gasteiger partial charge in [-0.1, -0.05) is 20.4 Å². The fraction of sp³-hybridized carbons (Fsp3) is 0.269. The van der Waals surface area contributed by atoms with Crippen LogP contribution in [0, 0.1) is 5.82 Å². The van der Waals surface area contributed by atoms with E-state index in [0.717, 1.165) is 34.6 Å². The van der Waals surface area contributed by atoms with Crippen molar-refractivity contribution in [3.8, 4) is 11.1 Å². The van der Waals surface area contributed by atoms with Gasteiger partial charge in [-0.25, -0.2) is 8.91 Å². The van der Waals surface area contributed by atoms with Crippen molar-refractivity contribution in [2.24, 2.45) is 0 Å². The second kappa shape index (κ2) is 9.84. The Labute approximate surface area is 212 Å². The van der Waals surface area contributed by atoms with Crippen LogP contribution >= 0.6 is 0 Å². The zero-order valence-electron chi connectivity index (χ0n) is 20.5. The van der Waals surface area contributed by atoms with Crippen LogP contribution in [-0.4, -0.2) is 60.6 Å². The maximum Gasteiger partial charge on any atom is 0.254 e. The molecule has 0 spiro atoms. The number of amides is 2. The molecule has 5 rings (SSSR count). The average Bonchev–Trinajstić information content (AvgIpc) is 3.65. The van der Waals surface area contributed by atoms with Crippen LogP contribution in [0.2, 0.25) is 0 Å². The van der Waals surface area contributed by atoms with Crippen molar-refractivity contribution in [3.63, 3.8) is 0 Å². The maximum atomic E-state index is 14.4. The molecule has 0 saturated carbocycles. The van der Waals surface area contributed by atoms with E-state index in [-0.39, 0.29) is 29.1 Å². The summed E-state index contributed by atoms with van der Waals surface area (Å²) in [6.45, 7) is 8.51. The molecule has 0 radical (unpaired) electrons. The summed E-state index contributed by atoms with van der Waals surface area (Å²) in [7, 11) is 0. The van der Waals surface area contributed by atoms with Gasteiger partial charge in [0, 0.05) is 42.0 Å². The number of hydrogen-bond donors (Lipinski definition) is 3. The molecule has 0 bridgehead atoms. The molecule has 1 saturated heterocycles. The fourth-order valence-corrected chi connectivity index (χ4v) is 4.59. The van der Waals surface area contributed by atoms with E-state index in [2.05, 4.69) is 46.2 Å². The Morgan fingerprint density at radius 3 is 2.81 bits per heavy atom. The lowest BCUT2D eigenvalue weighted by molar-refractivity contribution is -0.111. The van der Waals surface area contributed by atoms with E-state index in [1.807, 2.05) is 22.8 Å². The highest BCUT2D eigenvalue weighted by Gasteiger charge is 2.28. The van der Waals surface area contributed by atoms with Gasteiger partial charge in [0.15, 0.2) is 5.65 Å². The zero-order chi connectivity index (χ0) is 26.1. The normalized spacial score (nSPS) is 15.4. The lowest BCUT2D eigenvalue weighted by Crippen LogP contribution is -2.31. The summed E-state index contributed by atoms with van der Waals surface area (Å²) in [6.07, 6.45) is 5.39. The van der Waals surface area contributed by atoms with Crippen LogP contribution in [0.1, 0.15) is 42.2 Å². The quantitative estimate of drug-likeness (QED) is 0.330. The number of nitrogens with zero attached hydrogens (tertiary/aromatic N) is 5. The number of anilines is 2. The van der Waals surface area contributed by atoms with E-state index in [0.29, 0.717) is 25.5 Å². The van der Waals surface area contributed by atoms with Crippen LogP contribution in [-0.2, 0) is 4.79 Å². The van der Waals surface area contributed by atoms with Crippen molar-refractivity contribution in [3.05, 3.63) is 72.5 Å². The highest BCUT2D eigenvalue weighted by Crippen LogP contribution is 2.30. The van der Waals surface area contributed by atoms with E-state index in [9.17, 15) is 14.0 Å². The van der Waals surface area contributed by atoms with Crippen LogP contribution in [0.5, 0.6) is 0 Å². The summed E-state index contributed by atoms with van der Waals surface area (Å²) in [6, 6.07) is 7.91. The van der Waals surface area contributed by atoms with Crippen LogP contribution in [0.4, 0.5) is 16.0 Å². The highest BCUT2D eigenvalue weighted by atomic mass is 19.1. The van der Waals surface area contributed by atoms with Crippen molar-refractivity contribution in [1.82, 2.24) is 29.7 Å². The van der Waals surface area contributed by atoms with Gasteiger partial charge in [-0.05, 0) is 48.7 Å². The Balaban J connectivity index is 1.30. The molecule has 1 atom stereocenters. The number of carbonyl (C=O) groups excluding carboxylic acids is 2. The lowest BCUT2D eigenvalue weighted by atomic mass is 10.00. The van der Waals surface area contributed by atoms with Gasteiger partial charge in [-0.2, -0.15) is 10.1 Å². The minimum Gasteiger partial charge on any atom is -0.348 e. The second-order valence-corrected chi connectivity index (χ2v) is 9.25. The van der Waals surface area contributed by atoms with Crippen LogP contribution < -0.4 is 10.6 Å². The number of H-pyrrole nitrogens is 1. The molecule has 190 valence electrons. The molecule has 1 aliphatic rings. The first kappa shape index (κ1) is 24.2. The predicted octanol–water partition coefficient (Wildman–Crippen LogP) is 3.83. The van der Waals surface area contributed by atoms with Gasteiger partial charge < -0.3 is 15.5 Å². The Hall–Kier alpha value is -4.54. The molecule has 4 heterocycles. The number of likely N-dealkylation sites (tertiary alicyclic amines) is 1. The summed E-state index contributed by atoms with van der Waals surface area (Å²) >= 11 is 0. The Kier molecular flexibility index (Phi) is 6.43. The van der Waals surface area contributed by atoms with E-state index < -0.39 is 11.7 Å². The number of fused-ring (bicyclic) bond motifs is 1. The first-order valence-corrected chi connectivity index (χ1v) is 12.0. The molecule has 11 heteroatoms. The van der Waals surface area contributed by atoms with Crippen LogP contribution in [0.15, 0.2) is 55.4 Å². The first-order valence-electron chi connectivity index (χ1n) is 12.0. The van der Waals surface area contributed by atoms with E-state index in [1.54, 1.807) is 11.1 Å². The summed E-state index contributed by atoms with van der Waals surface area (Å²) < 4.78 is 16.3. The van der Waals surface area contributed by atoms with E-state index in [4.69, 9.17) is 5.10 Å². The van der Waals surface area contributed by atoms with Gasteiger partial charge >= 0.3 is 0 Å². The Morgan fingerprint density at radius 1 is 1.27 bits per heavy atom. The third-order valence-corrected chi connectivity index (χ3v) is 6.36. The number of aromatic amines is 1. The zero-order valence-corrected chi connectivity index (χ0v) is 20.5. The molecular formula is C26H27FN8O2. The molecule has 10 nitrogen and oxygen atoms in total. The van der Waals surface area contributed by atoms with Gasteiger partial charge in [-0.15, -0.1) is 5.10 Å². The van der Waals surface area contributed by atoms with Crippen LogP contribution in [0.3, 0.4) is 0 Å². The molecular weight excluding hydrogens is 475 g/mol. The van der Waals surface area contributed by atoms with Gasteiger partial charge in [0.25, 0.3) is 5.91 Å². The predicted molar refractivity (Wildman–Crippen MR) is 138 cm³/mol. The van der Waals surface area contributed by atoms with Gasteiger partial charge in [0.1, 0.15) is 5.82 Å². The molecule has 4 aromatic rings. The first-order chi connectivity index (χ1) is 17.8. The van der Waals surface area contributed by atoms with Crippen molar-refractivity contribution in [1.29, 1.82) is 0 Å². The minimum atomic E-state index is -0.681. The molecule has 1 aliphatic heterocycles. The molecule has 1 fully saturated rings. The van der Waals surface area contributed by atoms with Gasteiger partial charge in [0.05, 0.1) is 17.6 Å². The van der Waals surface area contributed by atoms with E-state index in [1.165, 1.54) is 12.1 Å². The lowest BCUT2D eigenvalue weighted by Gasteiger charge is -2.17. The average molecular weight is 503 g/mol. The summed E-state index contributed by atoms with van der Waals surface area (Å²) in [5.74, 6) is -0.803. The van der Waals surface area contributed by atoms with Gasteiger partial charge in [0.2, 0.25) is 11.9 Å². The van der Waals surface area contributed by atoms with Crippen LogP contribution in [0.25, 0.3) is 16.8 Å². The molecule has 37 heavy (non-hydrogen) atoms. The fourth-order valence-electron chi connectivity index (χ4n) is 4.59. The number of carbonyl (C=O) groups is 2. The summed E-state index contributed by atoms with van der Waals surface area (Å²) in [5.41, 5.74) is 3.98. The minimum absolute atomic E-state index is 0.00275. The number of rotatable bonds is 7. The molecule has 1 aromatic carbocycles. The molecule has 2 amide bonds. The second-order valence-electron chi connectivity index (χ2n) is 9.25. The van der Waals surface area contributed by atoms with Crippen molar-refractivity contribution in [2.75, 3.05) is 23.7 Å². The number of benzene rings is 1. The number of hydrogen-bond acceptors (Lipinski definition) is 6. The van der Waals surface area contributed by atoms with Crippen molar-refractivity contribution < 1.29 is 14.0 Å². The molecule has 0 aliphatic carbocycles. The highest BCUT2D eigenvalue weighted by molar-refractivity contribution is 6.00. The molecule has 3 aromatic heterocycles. The standard InChI is InChI=1S/C26H27FN8O2/c1-4-23(36)31-21-7-5-16(11-20(21)27)25(37)34-10-9-18(14-34)30-26-32-22-8-6-19(17-12-28-29-13-17)24(15(2)3)35(22)33-26/h4-8,11-13,15,18H,1,9-10,14H2,2-3H3,(H,28,29)(H,30,33)(H,31,36)/t18-/m1/s1. The largest absolute Gasteiger partial charge is 0.348 e. The number of halogens is 1. The topological polar surface area (TPSA) is 120 Å². The van der Waals surface area contributed by atoms with Crippen molar-refractivity contribution >= 4 is 29.1 Å². The van der Waals surface area contributed by atoms with Gasteiger partial charge in [-0.3, -0.25) is 14.7 Å². The van der Waals surface area contributed by atoms with Crippen molar-refractivity contribution in [2.45, 2.75) is 32.2 Å². The third kappa shape index (κ3) is 4.80. The monoisotopic (exact) mass is 502 g/mol. The Bertz CT molecular complexity index is 1480. The number of pyridine rings is 1. The smallest absolute Gasteiger partial charge is 0.254 e. The number of nitrogens with one attached hydrogen (secondary N) is 3. The molecule has 3 N–H and O–H groups in total. The SMILES string of the molecule is C=CC(=O)Nc1ccc(C(=O)N2CC[C@@H](Nc3nc4ccc(-c5cn[nH]c5)c(C(C)C)n4n3)C2)cc1F. The maximum absolute atomic E-state index is 14.4. The Morgan fingerprint density at radius 2 is 2.11 bits per heavy atom. The molecule has 0 unspecified atom stereocenters. The third-order valence-electron chi connectivity index (χ3n) is 6.36. The summed E-state index contributed by atoms with van der Waals surface area (Å²) in [4.78, 5) is 30.7. The number of aromatic nitrogens is 5. The summed E-state index contributed by atoms with van der Waals surface area (Å²) in [5, 5.41) is 17.4. The van der Waals surface area contributed by atoms with E-state index >= 15 is 0 Å².